The molecule has 2 fully saturated rings. The normalized spacial score (nSPS) is 35.1. The van der Waals surface area contributed by atoms with Crippen LogP contribution in [0.15, 0.2) is 24.3 Å². The zero-order valence-electron chi connectivity index (χ0n) is 12.4. The molecule has 2 bridgehead atoms. The van der Waals surface area contributed by atoms with Crippen LogP contribution in [0.3, 0.4) is 0 Å². The van der Waals surface area contributed by atoms with E-state index in [4.69, 9.17) is 4.74 Å². The monoisotopic (exact) mass is 259 g/mol. The number of hydrogen-bond donors (Lipinski definition) is 0. The van der Waals surface area contributed by atoms with Crippen molar-refractivity contribution in [1.29, 1.82) is 0 Å². The topological polar surface area (TPSA) is 12.5 Å². The molecule has 1 aromatic rings. The molecule has 3 atom stereocenters. The molecule has 0 aromatic heterocycles. The highest BCUT2D eigenvalue weighted by Gasteiger charge is 2.48. The van der Waals surface area contributed by atoms with E-state index < -0.39 is 0 Å². The van der Waals surface area contributed by atoms with Crippen LogP contribution in [0, 0.1) is 5.92 Å². The van der Waals surface area contributed by atoms with E-state index in [1.54, 1.807) is 7.11 Å². The second kappa shape index (κ2) is 4.82. The number of fused-ring (bicyclic) bond motifs is 2. The summed E-state index contributed by atoms with van der Waals surface area (Å²) in [5.74, 6) is 1.74. The summed E-state index contributed by atoms with van der Waals surface area (Å²) in [6.07, 6.45) is 5.35. The SMILES string of the molecule is COc1cccc(C23CCCC([C@@H]2C)N(C)CC3)c1. The molecule has 1 aliphatic carbocycles. The minimum atomic E-state index is 0.379. The van der Waals surface area contributed by atoms with Gasteiger partial charge in [0.05, 0.1) is 7.11 Å². The molecule has 0 N–H and O–H groups in total. The summed E-state index contributed by atoms with van der Waals surface area (Å²) in [5.41, 5.74) is 1.88. The highest BCUT2D eigenvalue weighted by atomic mass is 16.5. The molecule has 1 aliphatic heterocycles. The molecule has 1 aromatic carbocycles. The van der Waals surface area contributed by atoms with Gasteiger partial charge in [-0.1, -0.05) is 25.5 Å². The molecule has 1 saturated heterocycles. The van der Waals surface area contributed by atoms with Gasteiger partial charge >= 0.3 is 0 Å². The van der Waals surface area contributed by atoms with Crippen molar-refractivity contribution in [2.75, 3.05) is 20.7 Å². The van der Waals surface area contributed by atoms with E-state index in [-0.39, 0.29) is 0 Å². The van der Waals surface area contributed by atoms with Gasteiger partial charge < -0.3 is 9.64 Å². The van der Waals surface area contributed by atoms with Gasteiger partial charge in [0.2, 0.25) is 0 Å². The van der Waals surface area contributed by atoms with Crippen molar-refractivity contribution in [2.24, 2.45) is 5.92 Å². The Morgan fingerprint density at radius 1 is 1.32 bits per heavy atom. The van der Waals surface area contributed by atoms with Crippen molar-refractivity contribution in [3.8, 4) is 5.75 Å². The second-order valence-corrected chi connectivity index (χ2v) is 6.37. The smallest absolute Gasteiger partial charge is 0.119 e. The van der Waals surface area contributed by atoms with E-state index in [1.807, 2.05) is 0 Å². The molecule has 1 heterocycles. The standard InChI is InChI=1S/C17H25NO/c1-13-16-8-5-9-17(13,10-11-18(16)2)14-6-4-7-15(12-14)19-3/h4,6-7,12-13,16H,5,8-11H2,1-3H3/t13-,16?,17?/m0/s1. The zero-order valence-corrected chi connectivity index (χ0v) is 12.4. The fraction of sp³-hybridized carbons (Fsp3) is 0.647. The van der Waals surface area contributed by atoms with Crippen LogP contribution in [-0.4, -0.2) is 31.6 Å². The van der Waals surface area contributed by atoms with Crippen LogP contribution in [0.4, 0.5) is 0 Å². The number of likely N-dealkylation sites (tertiary alicyclic amines) is 1. The summed E-state index contributed by atoms with van der Waals surface area (Å²) < 4.78 is 5.43. The van der Waals surface area contributed by atoms with Crippen LogP contribution in [0.1, 0.15) is 38.2 Å². The average Bonchev–Trinajstić information content (AvgIpc) is 2.44. The summed E-state index contributed by atoms with van der Waals surface area (Å²) in [6.45, 7) is 3.69. The number of benzene rings is 1. The van der Waals surface area contributed by atoms with Crippen molar-refractivity contribution in [1.82, 2.24) is 4.90 Å². The highest BCUT2D eigenvalue weighted by molar-refractivity contribution is 5.36. The van der Waals surface area contributed by atoms with Crippen molar-refractivity contribution in [3.63, 3.8) is 0 Å². The van der Waals surface area contributed by atoms with Crippen LogP contribution in [0.25, 0.3) is 0 Å². The average molecular weight is 259 g/mol. The zero-order chi connectivity index (χ0) is 13.5. The Morgan fingerprint density at radius 2 is 2.16 bits per heavy atom. The van der Waals surface area contributed by atoms with Crippen molar-refractivity contribution in [3.05, 3.63) is 29.8 Å². The molecule has 2 nitrogen and oxygen atoms in total. The van der Waals surface area contributed by atoms with E-state index >= 15 is 0 Å². The van der Waals surface area contributed by atoms with Crippen molar-refractivity contribution in [2.45, 2.75) is 44.1 Å². The second-order valence-electron chi connectivity index (χ2n) is 6.37. The van der Waals surface area contributed by atoms with Gasteiger partial charge in [0, 0.05) is 11.5 Å². The summed E-state index contributed by atoms with van der Waals surface area (Å²) in [4.78, 5) is 2.57. The number of hydrogen-bond acceptors (Lipinski definition) is 2. The quantitative estimate of drug-likeness (QED) is 0.806. The van der Waals surface area contributed by atoms with E-state index in [9.17, 15) is 0 Å². The predicted molar refractivity (Wildman–Crippen MR) is 78.7 cm³/mol. The Morgan fingerprint density at radius 3 is 2.95 bits per heavy atom. The molecule has 19 heavy (non-hydrogen) atoms. The molecule has 1 saturated carbocycles. The fourth-order valence-electron chi connectivity index (χ4n) is 4.45. The van der Waals surface area contributed by atoms with Crippen LogP contribution in [-0.2, 0) is 5.41 Å². The highest BCUT2D eigenvalue weighted by Crippen LogP contribution is 2.50. The minimum absolute atomic E-state index is 0.379. The summed E-state index contributed by atoms with van der Waals surface area (Å²) in [7, 11) is 4.06. The number of ether oxygens (including phenoxy) is 1. The van der Waals surface area contributed by atoms with Crippen LogP contribution < -0.4 is 4.74 Å². The molecular weight excluding hydrogens is 234 g/mol. The van der Waals surface area contributed by atoms with Crippen LogP contribution in [0.2, 0.25) is 0 Å². The van der Waals surface area contributed by atoms with Crippen LogP contribution >= 0.6 is 0 Å². The largest absolute Gasteiger partial charge is 0.497 e. The molecule has 2 unspecified atom stereocenters. The Hall–Kier alpha value is -1.02. The van der Waals surface area contributed by atoms with Gasteiger partial charge in [0.1, 0.15) is 5.75 Å². The maximum atomic E-state index is 5.43. The maximum Gasteiger partial charge on any atom is 0.119 e. The third kappa shape index (κ3) is 1.97. The van der Waals surface area contributed by atoms with Crippen LogP contribution in [0.5, 0.6) is 5.75 Å². The lowest BCUT2D eigenvalue weighted by atomic mass is 9.57. The third-order valence-electron chi connectivity index (χ3n) is 5.69. The van der Waals surface area contributed by atoms with E-state index in [1.165, 1.54) is 37.8 Å². The maximum absolute atomic E-state index is 5.43. The van der Waals surface area contributed by atoms with Gasteiger partial charge in [-0.15, -0.1) is 0 Å². The Kier molecular flexibility index (Phi) is 3.30. The Balaban J connectivity index is 2.00. The third-order valence-corrected chi connectivity index (χ3v) is 5.69. The first-order valence-electron chi connectivity index (χ1n) is 7.52. The van der Waals surface area contributed by atoms with Gasteiger partial charge in [-0.2, -0.15) is 0 Å². The predicted octanol–water partition coefficient (Wildman–Crippen LogP) is 3.46. The lowest BCUT2D eigenvalue weighted by molar-refractivity contribution is 0.0126. The fourth-order valence-corrected chi connectivity index (χ4v) is 4.45. The Labute approximate surface area is 116 Å². The lowest BCUT2D eigenvalue weighted by Crippen LogP contribution is -2.56. The molecule has 104 valence electrons. The van der Waals surface area contributed by atoms with Crippen molar-refractivity contribution < 1.29 is 4.74 Å². The van der Waals surface area contributed by atoms with E-state index in [0.29, 0.717) is 5.41 Å². The number of piperidine rings is 1. The molecule has 3 rings (SSSR count). The Bertz CT molecular complexity index is 458. The number of methoxy groups -OCH3 is 1. The van der Waals surface area contributed by atoms with Gasteiger partial charge in [-0.05, 0) is 56.5 Å². The van der Waals surface area contributed by atoms with E-state index in [2.05, 4.69) is 43.1 Å². The molecular formula is C17H25NO. The van der Waals surface area contributed by atoms with Crippen molar-refractivity contribution >= 4 is 0 Å². The molecule has 0 spiro atoms. The molecule has 0 amide bonds. The first kappa shape index (κ1) is 13.0. The summed E-state index contributed by atoms with van der Waals surface area (Å²) >= 11 is 0. The molecule has 0 radical (unpaired) electrons. The lowest BCUT2D eigenvalue weighted by Gasteiger charge is -2.55. The summed E-state index contributed by atoms with van der Waals surface area (Å²) in [6, 6.07) is 9.54. The van der Waals surface area contributed by atoms with Gasteiger partial charge in [-0.25, -0.2) is 0 Å². The van der Waals surface area contributed by atoms with Gasteiger partial charge in [-0.3, -0.25) is 0 Å². The first-order valence-corrected chi connectivity index (χ1v) is 7.52. The molecule has 2 aliphatic rings. The summed E-state index contributed by atoms with van der Waals surface area (Å²) in [5, 5.41) is 0. The van der Waals surface area contributed by atoms with Gasteiger partial charge in [0.15, 0.2) is 0 Å². The first-order chi connectivity index (χ1) is 9.17. The minimum Gasteiger partial charge on any atom is -0.497 e. The van der Waals surface area contributed by atoms with Gasteiger partial charge in [0.25, 0.3) is 0 Å². The van der Waals surface area contributed by atoms with E-state index in [0.717, 1.165) is 17.7 Å². The number of rotatable bonds is 2. The molecule has 2 heteroatoms. The number of nitrogens with zero attached hydrogens (tertiary/aromatic N) is 1.